The van der Waals surface area contributed by atoms with Gasteiger partial charge >= 0.3 is 0 Å². The van der Waals surface area contributed by atoms with E-state index in [2.05, 4.69) is 4.72 Å². The van der Waals surface area contributed by atoms with Gasteiger partial charge in [0.05, 0.1) is 11.8 Å². The SMILES string of the molecule is C[C@H](CC1CC1)N(C#N)S(=O)(=O)C[C@](C)(N[S+]([O-])C(C)(C)C)c1cc(I)ccc1F. The summed E-state index contributed by atoms with van der Waals surface area (Å²) in [6, 6.07) is 3.91. The molecular weight excluding hydrogens is 540 g/mol. The summed E-state index contributed by atoms with van der Waals surface area (Å²) in [5, 5.41) is 9.58. The van der Waals surface area contributed by atoms with E-state index in [-0.39, 0.29) is 5.56 Å². The van der Waals surface area contributed by atoms with Crippen LogP contribution < -0.4 is 4.72 Å². The lowest BCUT2D eigenvalue weighted by molar-refractivity contribution is 0.379. The molecule has 0 radical (unpaired) electrons. The third-order valence-corrected chi connectivity index (χ3v) is 9.44. The second kappa shape index (κ2) is 9.48. The fourth-order valence-electron chi connectivity index (χ4n) is 3.24. The van der Waals surface area contributed by atoms with E-state index in [1.807, 2.05) is 22.6 Å². The topological polar surface area (TPSA) is 96.3 Å². The third-order valence-electron chi connectivity index (χ3n) is 5.04. The minimum absolute atomic E-state index is 0.100. The summed E-state index contributed by atoms with van der Waals surface area (Å²) in [6.45, 7) is 8.47. The van der Waals surface area contributed by atoms with Gasteiger partial charge in [0.15, 0.2) is 6.19 Å². The zero-order valence-corrected chi connectivity index (χ0v) is 21.7. The highest BCUT2D eigenvalue weighted by Gasteiger charge is 2.44. The fraction of sp³-hybridized carbons (Fsp3) is 0.650. The molecule has 1 fully saturated rings. The van der Waals surface area contributed by atoms with Crippen LogP contribution in [0.4, 0.5) is 4.39 Å². The van der Waals surface area contributed by atoms with Crippen molar-refractivity contribution in [2.24, 2.45) is 5.92 Å². The van der Waals surface area contributed by atoms with Gasteiger partial charge < -0.3 is 4.55 Å². The largest absolute Gasteiger partial charge is 0.598 e. The molecule has 0 saturated heterocycles. The van der Waals surface area contributed by atoms with E-state index < -0.39 is 49.3 Å². The van der Waals surface area contributed by atoms with Crippen molar-refractivity contribution in [2.75, 3.05) is 5.75 Å². The summed E-state index contributed by atoms with van der Waals surface area (Å²) in [5.41, 5.74) is -1.40. The van der Waals surface area contributed by atoms with Gasteiger partial charge in [-0.2, -0.15) is 5.26 Å². The molecule has 10 heteroatoms. The summed E-state index contributed by atoms with van der Waals surface area (Å²) < 4.78 is 57.9. The Morgan fingerprint density at radius 1 is 1.40 bits per heavy atom. The normalized spacial score (nSPS) is 18.9. The first kappa shape index (κ1) is 25.6. The highest BCUT2D eigenvalue weighted by atomic mass is 127. The number of hydrogen-bond donors (Lipinski definition) is 1. The number of nitrogens with zero attached hydrogens (tertiary/aromatic N) is 2. The third kappa shape index (κ3) is 6.45. The zero-order valence-electron chi connectivity index (χ0n) is 17.9. The summed E-state index contributed by atoms with van der Waals surface area (Å²) >= 11 is 0.351. The molecule has 30 heavy (non-hydrogen) atoms. The smallest absolute Gasteiger partial charge is 0.245 e. The Morgan fingerprint density at radius 3 is 2.50 bits per heavy atom. The van der Waals surface area contributed by atoms with E-state index in [0.29, 0.717) is 12.3 Å². The van der Waals surface area contributed by atoms with Crippen LogP contribution in [0, 0.1) is 26.8 Å². The second-order valence-electron chi connectivity index (χ2n) is 9.12. The molecule has 0 aliphatic heterocycles. The standard InChI is InChI=1S/C20H29FIN3O3S2/c1-14(10-15-6-7-15)25(13-23)30(27,28)12-20(5,24-29(26)19(2,3)4)17-11-16(22)8-9-18(17)21/h8-9,11,14-15,24H,6-7,10,12H2,1-5H3/t14-,20+,29?/m1/s1. The second-order valence-corrected chi connectivity index (χ2v) is 14.2. The van der Waals surface area contributed by atoms with Gasteiger partial charge in [-0.05, 0) is 87.7 Å². The highest BCUT2D eigenvalue weighted by molar-refractivity contribution is 14.1. The highest BCUT2D eigenvalue weighted by Crippen LogP contribution is 2.36. The van der Waals surface area contributed by atoms with Crippen LogP contribution in [0.1, 0.15) is 59.4 Å². The van der Waals surface area contributed by atoms with Crippen LogP contribution in [0.3, 0.4) is 0 Å². The van der Waals surface area contributed by atoms with E-state index in [1.165, 1.54) is 13.0 Å². The van der Waals surface area contributed by atoms with Gasteiger partial charge in [-0.15, -0.1) is 4.72 Å². The van der Waals surface area contributed by atoms with Crippen molar-refractivity contribution in [1.29, 1.82) is 5.26 Å². The minimum atomic E-state index is -4.11. The van der Waals surface area contributed by atoms with Crippen molar-refractivity contribution in [3.8, 4) is 6.19 Å². The molecule has 1 saturated carbocycles. The van der Waals surface area contributed by atoms with E-state index in [1.54, 1.807) is 46.0 Å². The molecule has 6 nitrogen and oxygen atoms in total. The number of nitriles is 1. The molecule has 0 amide bonds. The Morgan fingerprint density at radius 2 is 2.00 bits per heavy atom. The molecular formula is C20H29FIN3O3S2. The average Bonchev–Trinajstić information content (AvgIpc) is 3.39. The van der Waals surface area contributed by atoms with Gasteiger partial charge in [0.2, 0.25) is 10.0 Å². The first-order valence-electron chi connectivity index (χ1n) is 9.76. The van der Waals surface area contributed by atoms with Gasteiger partial charge in [-0.1, -0.05) is 12.8 Å². The summed E-state index contributed by atoms with van der Waals surface area (Å²) in [4.78, 5) is 0. The Bertz CT molecular complexity index is 913. The Kier molecular flexibility index (Phi) is 8.11. The molecule has 1 aliphatic rings. The molecule has 0 aromatic heterocycles. The number of hydrogen-bond acceptors (Lipinski definition) is 5. The molecule has 168 valence electrons. The van der Waals surface area contributed by atoms with E-state index in [4.69, 9.17) is 0 Å². The van der Waals surface area contributed by atoms with Gasteiger partial charge in [-0.25, -0.2) is 17.1 Å². The lowest BCUT2D eigenvalue weighted by Crippen LogP contribution is -2.55. The molecule has 0 bridgehead atoms. The summed E-state index contributed by atoms with van der Waals surface area (Å²) in [5.74, 6) is -0.750. The van der Waals surface area contributed by atoms with Crippen LogP contribution in [0.25, 0.3) is 0 Å². The van der Waals surface area contributed by atoms with Gasteiger partial charge in [0, 0.05) is 20.5 Å². The van der Waals surface area contributed by atoms with Gasteiger partial charge in [0.1, 0.15) is 16.1 Å². The molecule has 2 rings (SSSR count). The lowest BCUT2D eigenvalue weighted by atomic mass is 9.95. The predicted octanol–water partition coefficient (Wildman–Crippen LogP) is 4.00. The lowest BCUT2D eigenvalue weighted by Gasteiger charge is -2.36. The van der Waals surface area contributed by atoms with Crippen molar-refractivity contribution in [3.63, 3.8) is 0 Å². The van der Waals surface area contributed by atoms with Gasteiger partial charge in [-0.3, -0.25) is 0 Å². The van der Waals surface area contributed by atoms with Crippen molar-refractivity contribution in [3.05, 3.63) is 33.1 Å². The number of benzene rings is 1. The van der Waals surface area contributed by atoms with E-state index in [0.717, 1.165) is 20.7 Å². The average molecular weight is 570 g/mol. The Labute approximate surface area is 196 Å². The van der Waals surface area contributed by atoms with Crippen molar-refractivity contribution in [2.45, 2.75) is 70.2 Å². The first-order valence-corrected chi connectivity index (χ1v) is 13.6. The first-order chi connectivity index (χ1) is 13.7. The maximum Gasteiger partial charge on any atom is 0.245 e. The van der Waals surface area contributed by atoms with Crippen LogP contribution in [-0.4, -0.2) is 33.8 Å². The summed E-state index contributed by atoms with van der Waals surface area (Å²) in [7, 11) is -4.11. The number of rotatable bonds is 9. The van der Waals surface area contributed by atoms with Crippen LogP contribution >= 0.6 is 22.6 Å². The molecule has 1 aliphatic carbocycles. The fourth-order valence-corrected chi connectivity index (χ4v) is 6.58. The number of sulfonamides is 1. The number of halogens is 2. The zero-order chi connectivity index (χ0) is 22.9. The molecule has 1 aromatic carbocycles. The van der Waals surface area contributed by atoms with Crippen LogP contribution in [0.2, 0.25) is 0 Å². The monoisotopic (exact) mass is 569 g/mol. The molecule has 3 atom stereocenters. The van der Waals surface area contributed by atoms with Crippen LogP contribution in [0.15, 0.2) is 18.2 Å². The van der Waals surface area contributed by atoms with Crippen LogP contribution in [-0.2, 0) is 26.9 Å². The van der Waals surface area contributed by atoms with Crippen LogP contribution in [0.5, 0.6) is 0 Å². The number of nitrogens with one attached hydrogen (secondary N) is 1. The van der Waals surface area contributed by atoms with E-state index >= 15 is 0 Å². The Balaban J connectivity index is 2.45. The molecule has 1 N–H and O–H groups in total. The van der Waals surface area contributed by atoms with Crippen molar-refractivity contribution in [1.82, 2.24) is 9.03 Å². The van der Waals surface area contributed by atoms with E-state index in [9.17, 15) is 22.6 Å². The summed E-state index contributed by atoms with van der Waals surface area (Å²) in [6.07, 6.45) is 4.50. The maximum absolute atomic E-state index is 14.8. The quantitative estimate of drug-likeness (QED) is 0.210. The molecule has 0 spiro atoms. The van der Waals surface area contributed by atoms with Crippen molar-refractivity contribution < 1.29 is 17.4 Å². The van der Waals surface area contributed by atoms with Crippen molar-refractivity contribution >= 4 is 44.0 Å². The maximum atomic E-state index is 14.8. The minimum Gasteiger partial charge on any atom is -0.598 e. The molecule has 1 unspecified atom stereocenters. The van der Waals surface area contributed by atoms with Gasteiger partial charge in [0.25, 0.3) is 0 Å². The predicted molar refractivity (Wildman–Crippen MR) is 126 cm³/mol. The Hall–Kier alpha value is -0.610. The molecule has 0 heterocycles. The molecule has 1 aromatic rings.